The van der Waals surface area contributed by atoms with Crippen molar-refractivity contribution in [3.05, 3.63) is 31.3 Å². The molecule has 0 unspecified atom stereocenters. The predicted molar refractivity (Wildman–Crippen MR) is 59.5 cm³/mol. The molecule has 0 fully saturated rings. The van der Waals surface area contributed by atoms with Gasteiger partial charge in [0.25, 0.3) is 5.56 Å². The van der Waals surface area contributed by atoms with Crippen molar-refractivity contribution < 1.29 is 0 Å². The number of hydrogen-bond acceptors (Lipinski definition) is 3. The van der Waals surface area contributed by atoms with E-state index in [-0.39, 0.29) is 11.2 Å². The van der Waals surface area contributed by atoms with Crippen LogP contribution in [0.4, 0.5) is 0 Å². The fraction of sp³-hybridized carbons (Fsp3) is 0.167. The summed E-state index contributed by atoms with van der Waals surface area (Å²) in [6.45, 7) is 0. The Bertz CT molecular complexity index is 764. The van der Waals surface area contributed by atoms with Crippen LogP contribution in [0.25, 0.3) is 11.2 Å². The van der Waals surface area contributed by atoms with E-state index in [0.717, 1.165) is 0 Å². The van der Waals surface area contributed by atoms with Gasteiger partial charge in [0.1, 0.15) is 0 Å². The van der Waals surface area contributed by atoms with Gasteiger partial charge in [-0.15, -0.1) is 0 Å². The molecule has 0 saturated heterocycles. The monoisotopic (exact) mass is 284 g/mol. The molecule has 0 aromatic carbocycles. The molecule has 0 aliphatic rings. The SMILES string of the molecule is Cn1c(=O)c2c(n(Cl)c1=O)n(Cl)c(=O)n2Cl. The minimum Gasteiger partial charge on any atom is -0.267 e. The Morgan fingerprint density at radius 1 is 0.875 bits per heavy atom. The zero-order chi connectivity index (χ0) is 12.2. The van der Waals surface area contributed by atoms with E-state index in [1.54, 1.807) is 0 Å². The van der Waals surface area contributed by atoms with Crippen LogP contribution < -0.4 is 16.9 Å². The Balaban J connectivity index is 3.36. The summed E-state index contributed by atoms with van der Waals surface area (Å²) in [6, 6.07) is 0. The van der Waals surface area contributed by atoms with Crippen molar-refractivity contribution >= 4 is 46.5 Å². The van der Waals surface area contributed by atoms with Crippen molar-refractivity contribution in [3.8, 4) is 0 Å². The van der Waals surface area contributed by atoms with E-state index in [2.05, 4.69) is 0 Å². The lowest BCUT2D eigenvalue weighted by Gasteiger charge is -2.00. The van der Waals surface area contributed by atoms with E-state index in [1.165, 1.54) is 7.05 Å². The number of hydrogen-bond donors (Lipinski definition) is 0. The molecule has 0 aliphatic carbocycles. The third-order valence-electron chi connectivity index (χ3n) is 2.08. The number of aromatic nitrogens is 4. The van der Waals surface area contributed by atoms with Gasteiger partial charge in [0, 0.05) is 42.4 Å². The molecule has 2 aromatic rings. The minimum absolute atomic E-state index is 0.265. The molecular weight excluding hydrogens is 282 g/mol. The van der Waals surface area contributed by atoms with E-state index in [0.29, 0.717) is 16.8 Å². The molecular formula is C6H3Cl3N4O3. The van der Waals surface area contributed by atoms with Crippen LogP contribution in [-0.2, 0) is 7.05 Å². The van der Waals surface area contributed by atoms with Gasteiger partial charge in [0.2, 0.25) is 0 Å². The van der Waals surface area contributed by atoms with Gasteiger partial charge in [0.05, 0.1) is 0 Å². The summed E-state index contributed by atoms with van der Waals surface area (Å²) < 4.78 is 2.26. The first-order valence-electron chi connectivity index (χ1n) is 3.86. The predicted octanol–water partition coefficient (Wildman–Crippen LogP) is -0.331. The molecule has 10 heteroatoms. The van der Waals surface area contributed by atoms with Gasteiger partial charge in [-0.3, -0.25) is 9.36 Å². The van der Waals surface area contributed by atoms with Crippen molar-refractivity contribution in [1.29, 1.82) is 0 Å². The van der Waals surface area contributed by atoms with Crippen LogP contribution in [0.1, 0.15) is 0 Å². The van der Waals surface area contributed by atoms with E-state index in [9.17, 15) is 14.4 Å². The third kappa shape index (κ3) is 1.19. The lowest BCUT2D eigenvalue weighted by molar-refractivity contribution is 0.771. The topological polar surface area (TPSA) is 70.9 Å². The smallest absolute Gasteiger partial charge is 0.267 e. The van der Waals surface area contributed by atoms with Crippen LogP contribution in [0.2, 0.25) is 0 Å². The summed E-state index contributed by atoms with van der Waals surface area (Å²) in [4.78, 5) is 34.5. The third-order valence-corrected chi connectivity index (χ3v) is 3.00. The van der Waals surface area contributed by atoms with Gasteiger partial charge in [-0.05, 0) is 0 Å². The number of rotatable bonds is 0. The molecule has 2 rings (SSSR count). The van der Waals surface area contributed by atoms with Gasteiger partial charge in [0.15, 0.2) is 11.2 Å². The first-order valence-corrected chi connectivity index (χ1v) is 4.87. The van der Waals surface area contributed by atoms with Crippen molar-refractivity contribution in [2.24, 2.45) is 7.05 Å². The van der Waals surface area contributed by atoms with Gasteiger partial charge in [-0.2, -0.15) is 12.3 Å². The number of halogens is 3. The lowest BCUT2D eigenvalue weighted by atomic mass is 10.5. The molecule has 86 valence electrons. The Morgan fingerprint density at radius 3 is 1.94 bits per heavy atom. The maximum Gasteiger partial charge on any atom is 0.360 e. The fourth-order valence-corrected chi connectivity index (χ4v) is 2.06. The van der Waals surface area contributed by atoms with Crippen molar-refractivity contribution in [1.82, 2.24) is 16.8 Å². The minimum atomic E-state index is -0.879. The molecule has 2 aromatic heterocycles. The first-order chi connectivity index (χ1) is 7.37. The molecule has 7 nitrogen and oxygen atoms in total. The highest BCUT2D eigenvalue weighted by molar-refractivity contribution is 6.25. The lowest BCUT2D eigenvalue weighted by Crippen LogP contribution is -2.36. The number of fused-ring (bicyclic) bond motifs is 1. The average molecular weight is 285 g/mol. The molecule has 0 radical (unpaired) electrons. The second kappa shape index (κ2) is 3.41. The summed E-state index contributed by atoms with van der Waals surface area (Å²) in [5.74, 6) is 0. The summed E-state index contributed by atoms with van der Waals surface area (Å²) >= 11 is 16.7. The highest BCUT2D eigenvalue weighted by atomic mass is 35.5. The van der Waals surface area contributed by atoms with Crippen molar-refractivity contribution in [2.45, 2.75) is 0 Å². The van der Waals surface area contributed by atoms with Crippen LogP contribution in [0.5, 0.6) is 0 Å². The molecule has 0 spiro atoms. The van der Waals surface area contributed by atoms with Crippen LogP contribution in [-0.4, -0.2) is 16.8 Å². The molecule has 0 aliphatic heterocycles. The molecule has 0 bridgehead atoms. The van der Waals surface area contributed by atoms with Crippen LogP contribution in [0, 0.1) is 0 Å². The highest BCUT2D eigenvalue weighted by Gasteiger charge is 2.20. The Morgan fingerprint density at radius 2 is 1.38 bits per heavy atom. The van der Waals surface area contributed by atoms with Gasteiger partial charge in [-0.25, -0.2) is 9.59 Å². The summed E-state index contributed by atoms with van der Waals surface area (Å²) in [6.07, 6.45) is 0. The van der Waals surface area contributed by atoms with E-state index in [4.69, 9.17) is 35.3 Å². The molecule has 0 N–H and O–H groups in total. The van der Waals surface area contributed by atoms with E-state index >= 15 is 0 Å². The number of imidazole rings is 1. The van der Waals surface area contributed by atoms with Crippen LogP contribution >= 0.6 is 35.3 Å². The Kier molecular flexibility index (Phi) is 2.41. The summed E-state index contributed by atoms with van der Waals surface area (Å²) in [5.41, 5.74) is -3.00. The Hall–Kier alpha value is -1.18. The standard InChI is InChI=1S/C6H3Cl3N4O3/c1-10-4(14)2-3(12(8)5(10)15)13(9)6(16)11(2)7/h1H3. The second-order valence-electron chi connectivity index (χ2n) is 2.94. The van der Waals surface area contributed by atoms with Gasteiger partial charge >= 0.3 is 11.4 Å². The second-order valence-corrected chi connectivity index (χ2v) is 3.96. The molecule has 2 heterocycles. The van der Waals surface area contributed by atoms with Crippen LogP contribution in [0.15, 0.2) is 14.4 Å². The van der Waals surface area contributed by atoms with Gasteiger partial charge in [-0.1, -0.05) is 0 Å². The first kappa shape index (κ1) is 11.3. The van der Waals surface area contributed by atoms with Crippen molar-refractivity contribution in [3.63, 3.8) is 0 Å². The largest absolute Gasteiger partial charge is 0.360 e. The van der Waals surface area contributed by atoms with Gasteiger partial charge < -0.3 is 0 Å². The summed E-state index contributed by atoms with van der Waals surface area (Å²) in [7, 11) is 1.20. The normalized spacial score (nSPS) is 11.2. The molecule has 0 saturated carbocycles. The van der Waals surface area contributed by atoms with E-state index < -0.39 is 16.9 Å². The van der Waals surface area contributed by atoms with E-state index in [1.807, 2.05) is 0 Å². The van der Waals surface area contributed by atoms with Crippen molar-refractivity contribution in [2.75, 3.05) is 0 Å². The maximum atomic E-state index is 11.7. The average Bonchev–Trinajstić information content (AvgIpc) is 2.48. The maximum absolute atomic E-state index is 11.7. The Labute approximate surface area is 102 Å². The quantitative estimate of drug-likeness (QED) is 0.665. The molecule has 0 atom stereocenters. The fourth-order valence-electron chi connectivity index (χ4n) is 1.26. The summed E-state index contributed by atoms with van der Waals surface area (Å²) in [5, 5.41) is 0. The molecule has 0 amide bonds. The van der Waals surface area contributed by atoms with Crippen LogP contribution in [0.3, 0.4) is 0 Å². The zero-order valence-corrected chi connectivity index (χ0v) is 9.92. The zero-order valence-electron chi connectivity index (χ0n) is 7.65. The number of nitrogens with zero attached hydrogens (tertiary/aromatic N) is 4. The molecule has 16 heavy (non-hydrogen) atoms. The highest BCUT2D eigenvalue weighted by Crippen LogP contribution is 2.10.